The van der Waals surface area contributed by atoms with Crippen LogP contribution in [0.3, 0.4) is 0 Å². The maximum Gasteiger partial charge on any atom is 0.224 e. The van der Waals surface area contributed by atoms with Gasteiger partial charge in [-0.3, -0.25) is 9.59 Å². The molecule has 2 aromatic carbocycles. The SMILES string of the molecule is CCN(Cc1ccccc1)C(=O)CCN(C(C)=O)c1cccc(OC)c1. The number of ether oxygens (including phenoxy) is 1. The molecule has 2 amide bonds. The molecule has 0 aliphatic heterocycles. The van der Waals surface area contributed by atoms with E-state index in [0.29, 0.717) is 25.4 Å². The lowest BCUT2D eigenvalue weighted by Gasteiger charge is -2.25. The number of hydrogen-bond donors (Lipinski definition) is 0. The average molecular weight is 354 g/mol. The molecule has 2 aromatic rings. The Morgan fingerprint density at radius 1 is 1.04 bits per heavy atom. The minimum Gasteiger partial charge on any atom is -0.497 e. The monoisotopic (exact) mass is 354 g/mol. The van der Waals surface area contributed by atoms with Gasteiger partial charge in [-0.05, 0) is 24.6 Å². The molecule has 138 valence electrons. The molecule has 26 heavy (non-hydrogen) atoms. The molecular formula is C21H26N2O3. The van der Waals surface area contributed by atoms with E-state index in [1.165, 1.54) is 6.92 Å². The molecule has 0 spiro atoms. The summed E-state index contributed by atoms with van der Waals surface area (Å²) in [7, 11) is 1.59. The Bertz CT molecular complexity index is 731. The Morgan fingerprint density at radius 2 is 1.77 bits per heavy atom. The van der Waals surface area contributed by atoms with Crippen LogP contribution in [0.4, 0.5) is 5.69 Å². The van der Waals surface area contributed by atoms with Gasteiger partial charge in [0, 0.05) is 44.7 Å². The van der Waals surface area contributed by atoms with E-state index in [2.05, 4.69) is 0 Å². The van der Waals surface area contributed by atoms with Crippen molar-refractivity contribution < 1.29 is 14.3 Å². The van der Waals surface area contributed by atoms with Gasteiger partial charge < -0.3 is 14.5 Å². The number of rotatable bonds is 8. The van der Waals surface area contributed by atoms with E-state index in [1.807, 2.05) is 55.5 Å². The molecule has 0 aromatic heterocycles. The minimum absolute atomic E-state index is 0.0329. The Hall–Kier alpha value is -2.82. The van der Waals surface area contributed by atoms with Crippen LogP contribution in [0.25, 0.3) is 0 Å². The van der Waals surface area contributed by atoms with Gasteiger partial charge in [-0.25, -0.2) is 0 Å². The average Bonchev–Trinajstić information content (AvgIpc) is 2.66. The van der Waals surface area contributed by atoms with Crippen LogP contribution in [0, 0.1) is 0 Å². The lowest BCUT2D eigenvalue weighted by Crippen LogP contribution is -2.36. The normalized spacial score (nSPS) is 10.3. The molecule has 0 atom stereocenters. The zero-order chi connectivity index (χ0) is 18.9. The molecule has 0 unspecified atom stereocenters. The molecule has 0 radical (unpaired) electrons. The predicted octanol–water partition coefficient (Wildman–Crippen LogP) is 3.49. The second-order valence-electron chi connectivity index (χ2n) is 6.02. The van der Waals surface area contributed by atoms with Gasteiger partial charge in [0.2, 0.25) is 11.8 Å². The van der Waals surface area contributed by atoms with E-state index in [-0.39, 0.29) is 18.2 Å². The van der Waals surface area contributed by atoms with E-state index in [0.717, 1.165) is 11.3 Å². The third-order valence-electron chi connectivity index (χ3n) is 4.25. The highest BCUT2D eigenvalue weighted by molar-refractivity contribution is 5.92. The van der Waals surface area contributed by atoms with Gasteiger partial charge in [-0.2, -0.15) is 0 Å². The van der Waals surface area contributed by atoms with Gasteiger partial charge in [0.15, 0.2) is 0 Å². The summed E-state index contributed by atoms with van der Waals surface area (Å²) in [6.45, 7) is 5.02. The topological polar surface area (TPSA) is 49.9 Å². The van der Waals surface area contributed by atoms with Gasteiger partial charge in [-0.1, -0.05) is 36.4 Å². The number of benzene rings is 2. The summed E-state index contributed by atoms with van der Waals surface area (Å²) in [6, 6.07) is 17.2. The summed E-state index contributed by atoms with van der Waals surface area (Å²) in [5.41, 5.74) is 1.83. The first-order valence-corrected chi connectivity index (χ1v) is 8.79. The van der Waals surface area contributed by atoms with Crippen LogP contribution in [0.2, 0.25) is 0 Å². The lowest BCUT2D eigenvalue weighted by atomic mass is 10.2. The van der Waals surface area contributed by atoms with Crippen LogP contribution >= 0.6 is 0 Å². The number of nitrogens with zero attached hydrogens (tertiary/aromatic N) is 2. The number of methoxy groups -OCH3 is 1. The molecule has 0 bridgehead atoms. The van der Waals surface area contributed by atoms with E-state index < -0.39 is 0 Å². The molecule has 0 fully saturated rings. The van der Waals surface area contributed by atoms with Crippen LogP contribution in [0.5, 0.6) is 5.75 Å². The summed E-state index contributed by atoms with van der Waals surface area (Å²) in [5.74, 6) is 0.613. The van der Waals surface area contributed by atoms with Gasteiger partial charge in [0.05, 0.1) is 7.11 Å². The van der Waals surface area contributed by atoms with Crippen LogP contribution < -0.4 is 9.64 Å². The molecule has 0 aliphatic rings. The van der Waals surface area contributed by atoms with Crippen LogP contribution in [-0.4, -0.2) is 36.9 Å². The molecular weight excluding hydrogens is 328 g/mol. The fraction of sp³-hybridized carbons (Fsp3) is 0.333. The van der Waals surface area contributed by atoms with Crippen LogP contribution in [0.15, 0.2) is 54.6 Å². The molecule has 5 heteroatoms. The van der Waals surface area contributed by atoms with Crippen molar-refractivity contribution in [2.45, 2.75) is 26.8 Å². The van der Waals surface area contributed by atoms with Gasteiger partial charge in [-0.15, -0.1) is 0 Å². The largest absolute Gasteiger partial charge is 0.497 e. The molecule has 5 nitrogen and oxygen atoms in total. The van der Waals surface area contributed by atoms with E-state index in [9.17, 15) is 9.59 Å². The van der Waals surface area contributed by atoms with Crippen LogP contribution in [0.1, 0.15) is 25.8 Å². The lowest BCUT2D eigenvalue weighted by molar-refractivity contribution is -0.131. The Balaban J connectivity index is 2.02. The predicted molar refractivity (Wildman–Crippen MR) is 103 cm³/mol. The van der Waals surface area contributed by atoms with E-state index in [1.54, 1.807) is 23.0 Å². The summed E-state index contributed by atoms with van der Waals surface area (Å²) in [4.78, 5) is 28.1. The van der Waals surface area contributed by atoms with Gasteiger partial charge in [0.1, 0.15) is 5.75 Å². The number of carbonyl (C=O) groups is 2. The Morgan fingerprint density at radius 3 is 2.38 bits per heavy atom. The molecule has 0 aliphatic carbocycles. The maximum absolute atomic E-state index is 12.6. The van der Waals surface area contributed by atoms with E-state index >= 15 is 0 Å². The second-order valence-corrected chi connectivity index (χ2v) is 6.02. The van der Waals surface area contributed by atoms with Crippen molar-refractivity contribution >= 4 is 17.5 Å². The fourth-order valence-corrected chi connectivity index (χ4v) is 2.79. The smallest absolute Gasteiger partial charge is 0.224 e. The van der Waals surface area contributed by atoms with Crippen molar-refractivity contribution in [1.82, 2.24) is 4.90 Å². The first-order valence-electron chi connectivity index (χ1n) is 8.79. The molecule has 0 heterocycles. The van der Waals surface area contributed by atoms with Crippen molar-refractivity contribution in [2.24, 2.45) is 0 Å². The van der Waals surface area contributed by atoms with Crippen molar-refractivity contribution in [1.29, 1.82) is 0 Å². The third-order valence-corrected chi connectivity index (χ3v) is 4.25. The minimum atomic E-state index is -0.0999. The molecule has 0 saturated heterocycles. The Labute approximate surface area is 155 Å². The third kappa shape index (κ3) is 5.34. The number of anilines is 1. The summed E-state index contributed by atoms with van der Waals surface area (Å²) >= 11 is 0. The number of hydrogen-bond acceptors (Lipinski definition) is 3. The highest BCUT2D eigenvalue weighted by Gasteiger charge is 2.17. The second kappa shape index (κ2) is 9.61. The van der Waals surface area contributed by atoms with Crippen molar-refractivity contribution in [3.05, 3.63) is 60.2 Å². The maximum atomic E-state index is 12.6. The fourth-order valence-electron chi connectivity index (χ4n) is 2.79. The number of carbonyl (C=O) groups excluding carboxylic acids is 2. The first-order chi connectivity index (χ1) is 12.5. The van der Waals surface area contributed by atoms with E-state index in [4.69, 9.17) is 4.74 Å². The van der Waals surface area contributed by atoms with Gasteiger partial charge >= 0.3 is 0 Å². The molecule has 0 saturated carbocycles. The van der Waals surface area contributed by atoms with Crippen molar-refractivity contribution in [3.63, 3.8) is 0 Å². The summed E-state index contributed by atoms with van der Waals surface area (Å²) in [6.07, 6.45) is 0.275. The standard InChI is InChI=1S/C21H26N2O3/c1-4-22(16-18-9-6-5-7-10-18)21(25)13-14-23(17(2)24)19-11-8-12-20(15-19)26-3/h5-12,15H,4,13-14,16H2,1-3H3. The highest BCUT2D eigenvalue weighted by Crippen LogP contribution is 2.21. The summed E-state index contributed by atoms with van der Waals surface area (Å²) < 4.78 is 5.22. The molecule has 0 N–H and O–H groups in total. The van der Waals surface area contributed by atoms with Crippen LogP contribution in [-0.2, 0) is 16.1 Å². The highest BCUT2D eigenvalue weighted by atomic mass is 16.5. The number of amides is 2. The zero-order valence-electron chi connectivity index (χ0n) is 15.6. The zero-order valence-corrected chi connectivity index (χ0v) is 15.6. The first kappa shape index (κ1) is 19.5. The van der Waals surface area contributed by atoms with Crippen molar-refractivity contribution in [2.75, 3.05) is 25.1 Å². The quantitative estimate of drug-likeness (QED) is 0.729. The Kier molecular flexibility index (Phi) is 7.21. The van der Waals surface area contributed by atoms with Gasteiger partial charge in [0.25, 0.3) is 0 Å². The summed E-state index contributed by atoms with van der Waals surface area (Å²) in [5, 5.41) is 0. The van der Waals surface area contributed by atoms with Crippen molar-refractivity contribution in [3.8, 4) is 5.75 Å². The molecule has 2 rings (SSSR count).